The molecule has 144 valence electrons. The van der Waals surface area contributed by atoms with Gasteiger partial charge in [-0.1, -0.05) is 24.6 Å². The van der Waals surface area contributed by atoms with Crippen molar-refractivity contribution in [1.82, 2.24) is 10.3 Å². The number of nitrogens with zero attached hydrogens (tertiary/aromatic N) is 2. The van der Waals surface area contributed by atoms with Crippen molar-refractivity contribution in [2.24, 2.45) is 0 Å². The SMILES string of the molecule is CCC(=O)NC1CC(C)=Cc2c(-c3ccc4c(c3)COC(=O)N4C)cncc21. The van der Waals surface area contributed by atoms with Crippen LogP contribution in [0.3, 0.4) is 0 Å². The van der Waals surface area contributed by atoms with Crippen LogP contribution in [0.4, 0.5) is 10.5 Å². The topological polar surface area (TPSA) is 71.5 Å². The van der Waals surface area contributed by atoms with Gasteiger partial charge >= 0.3 is 6.09 Å². The van der Waals surface area contributed by atoms with E-state index in [-0.39, 0.29) is 24.6 Å². The second kappa shape index (κ2) is 7.11. The number of nitrogens with one attached hydrogen (secondary N) is 1. The number of carbonyl (C=O) groups excluding carboxylic acids is 2. The van der Waals surface area contributed by atoms with Gasteiger partial charge in [-0.3, -0.25) is 14.7 Å². The maximum atomic E-state index is 12.0. The van der Waals surface area contributed by atoms with Gasteiger partial charge in [-0.05, 0) is 36.6 Å². The molecule has 1 aromatic carbocycles. The summed E-state index contributed by atoms with van der Waals surface area (Å²) in [5.41, 5.74) is 7.18. The van der Waals surface area contributed by atoms with Crippen molar-refractivity contribution < 1.29 is 14.3 Å². The first-order valence-corrected chi connectivity index (χ1v) is 9.46. The molecular formula is C22H23N3O3. The fourth-order valence-corrected chi connectivity index (χ4v) is 3.85. The Morgan fingerprint density at radius 2 is 2.18 bits per heavy atom. The molecule has 1 aromatic heterocycles. The number of ether oxygens (including phenoxy) is 1. The Morgan fingerprint density at radius 1 is 1.36 bits per heavy atom. The Hall–Kier alpha value is -3.15. The normalized spacial score (nSPS) is 18.0. The fraction of sp³-hybridized carbons (Fsp3) is 0.318. The molecule has 1 atom stereocenters. The van der Waals surface area contributed by atoms with Crippen LogP contribution in [0.25, 0.3) is 17.2 Å². The summed E-state index contributed by atoms with van der Waals surface area (Å²) in [5.74, 6) is 0.0367. The fourth-order valence-electron chi connectivity index (χ4n) is 3.85. The van der Waals surface area contributed by atoms with Crippen LogP contribution in [-0.2, 0) is 16.1 Å². The number of aromatic nitrogens is 1. The number of amides is 2. The van der Waals surface area contributed by atoms with E-state index < -0.39 is 0 Å². The van der Waals surface area contributed by atoms with E-state index in [0.717, 1.165) is 39.9 Å². The molecule has 0 saturated carbocycles. The molecule has 28 heavy (non-hydrogen) atoms. The minimum atomic E-state index is -0.341. The van der Waals surface area contributed by atoms with Crippen LogP contribution in [0.5, 0.6) is 0 Å². The van der Waals surface area contributed by atoms with Crippen LogP contribution >= 0.6 is 0 Å². The first-order chi connectivity index (χ1) is 13.5. The monoisotopic (exact) mass is 377 g/mol. The van der Waals surface area contributed by atoms with Crippen molar-refractivity contribution in [3.8, 4) is 11.1 Å². The van der Waals surface area contributed by atoms with Gasteiger partial charge < -0.3 is 10.1 Å². The average Bonchev–Trinajstić information content (AvgIpc) is 2.70. The Kier molecular flexibility index (Phi) is 4.63. The van der Waals surface area contributed by atoms with Gasteiger partial charge in [0.05, 0.1) is 11.7 Å². The Bertz CT molecular complexity index is 997. The average molecular weight is 377 g/mol. The van der Waals surface area contributed by atoms with Gasteiger partial charge in [0.2, 0.25) is 5.91 Å². The Morgan fingerprint density at radius 3 is 2.96 bits per heavy atom. The van der Waals surface area contributed by atoms with Crippen molar-refractivity contribution >= 4 is 23.8 Å². The van der Waals surface area contributed by atoms with E-state index in [1.807, 2.05) is 37.5 Å². The van der Waals surface area contributed by atoms with Crippen molar-refractivity contribution in [2.45, 2.75) is 39.3 Å². The summed E-state index contributed by atoms with van der Waals surface area (Å²) in [5, 5.41) is 3.11. The lowest BCUT2D eigenvalue weighted by Gasteiger charge is -2.28. The van der Waals surface area contributed by atoms with E-state index in [0.29, 0.717) is 6.42 Å². The number of cyclic esters (lactones) is 1. The first kappa shape index (κ1) is 18.2. The summed E-state index contributed by atoms with van der Waals surface area (Å²) >= 11 is 0. The number of benzene rings is 1. The summed E-state index contributed by atoms with van der Waals surface area (Å²) in [4.78, 5) is 29.7. The highest BCUT2D eigenvalue weighted by molar-refractivity contribution is 5.91. The van der Waals surface area contributed by atoms with E-state index in [1.54, 1.807) is 7.05 Å². The molecule has 1 N–H and O–H groups in total. The molecule has 0 fully saturated rings. The standard InChI is InChI=1S/C22H23N3O3/c1-4-21(26)24-19-8-13(2)7-16-17(10-23-11-18(16)19)14-5-6-20-15(9-14)12-28-22(27)25(20)3/h5-7,9-11,19H,4,8,12H2,1-3H3,(H,24,26). The van der Waals surface area contributed by atoms with Crippen molar-refractivity contribution in [1.29, 1.82) is 0 Å². The van der Waals surface area contributed by atoms with Gasteiger partial charge in [-0.15, -0.1) is 0 Å². The first-order valence-electron chi connectivity index (χ1n) is 9.46. The van der Waals surface area contributed by atoms with Gasteiger partial charge in [0.15, 0.2) is 0 Å². The summed E-state index contributed by atoms with van der Waals surface area (Å²) in [7, 11) is 1.71. The summed E-state index contributed by atoms with van der Waals surface area (Å²) in [6, 6.07) is 5.93. The van der Waals surface area contributed by atoms with Crippen LogP contribution in [0.1, 0.15) is 49.4 Å². The third-order valence-electron chi connectivity index (χ3n) is 5.34. The summed E-state index contributed by atoms with van der Waals surface area (Å²) in [6.07, 6.45) is 6.77. The lowest BCUT2D eigenvalue weighted by Crippen LogP contribution is -2.31. The third-order valence-corrected chi connectivity index (χ3v) is 5.34. The largest absolute Gasteiger partial charge is 0.444 e. The second-order valence-corrected chi connectivity index (χ2v) is 7.32. The van der Waals surface area contributed by atoms with E-state index >= 15 is 0 Å². The van der Waals surface area contributed by atoms with E-state index in [2.05, 4.69) is 23.3 Å². The number of pyridine rings is 1. The van der Waals surface area contributed by atoms with Gasteiger partial charge in [-0.25, -0.2) is 4.79 Å². The molecular weight excluding hydrogens is 354 g/mol. The number of anilines is 1. The van der Waals surface area contributed by atoms with Gasteiger partial charge in [-0.2, -0.15) is 0 Å². The van der Waals surface area contributed by atoms with E-state index in [9.17, 15) is 9.59 Å². The molecule has 1 aliphatic heterocycles. The van der Waals surface area contributed by atoms with E-state index in [1.165, 1.54) is 10.5 Å². The second-order valence-electron chi connectivity index (χ2n) is 7.32. The van der Waals surface area contributed by atoms with Crippen LogP contribution in [0, 0.1) is 0 Å². The molecule has 6 nitrogen and oxygen atoms in total. The highest BCUT2D eigenvalue weighted by Gasteiger charge is 2.26. The van der Waals surface area contributed by atoms with Crippen LogP contribution in [-0.4, -0.2) is 24.0 Å². The minimum absolute atomic E-state index is 0.0367. The summed E-state index contributed by atoms with van der Waals surface area (Å²) < 4.78 is 5.22. The molecule has 0 spiro atoms. The third kappa shape index (κ3) is 3.15. The molecule has 0 bridgehead atoms. The molecule has 0 saturated heterocycles. The molecule has 2 aliphatic rings. The number of rotatable bonds is 3. The quantitative estimate of drug-likeness (QED) is 0.870. The number of fused-ring (bicyclic) bond motifs is 2. The lowest BCUT2D eigenvalue weighted by atomic mass is 9.85. The predicted octanol–water partition coefficient (Wildman–Crippen LogP) is 4.21. The van der Waals surface area contributed by atoms with Crippen LogP contribution in [0.2, 0.25) is 0 Å². The maximum Gasteiger partial charge on any atom is 0.414 e. The predicted molar refractivity (Wildman–Crippen MR) is 108 cm³/mol. The number of carbonyl (C=O) groups is 2. The summed E-state index contributed by atoms with van der Waals surface area (Å²) in [6.45, 7) is 4.20. The van der Waals surface area contributed by atoms with Crippen LogP contribution in [0.15, 0.2) is 36.2 Å². The zero-order chi connectivity index (χ0) is 19.8. The van der Waals surface area contributed by atoms with Crippen molar-refractivity contribution in [2.75, 3.05) is 11.9 Å². The minimum Gasteiger partial charge on any atom is -0.444 e. The number of hydrogen-bond acceptors (Lipinski definition) is 4. The van der Waals surface area contributed by atoms with E-state index in [4.69, 9.17) is 4.74 Å². The molecule has 2 amide bonds. The van der Waals surface area contributed by atoms with Crippen molar-refractivity contribution in [3.63, 3.8) is 0 Å². The highest BCUT2D eigenvalue weighted by Crippen LogP contribution is 2.38. The lowest BCUT2D eigenvalue weighted by molar-refractivity contribution is -0.121. The van der Waals surface area contributed by atoms with Gasteiger partial charge in [0.25, 0.3) is 0 Å². The molecule has 1 aliphatic carbocycles. The van der Waals surface area contributed by atoms with Crippen LogP contribution < -0.4 is 10.2 Å². The molecule has 1 unspecified atom stereocenters. The zero-order valence-electron chi connectivity index (χ0n) is 16.3. The van der Waals surface area contributed by atoms with Gasteiger partial charge in [0, 0.05) is 42.6 Å². The highest BCUT2D eigenvalue weighted by atomic mass is 16.6. The molecule has 2 heterocycles. The molecule has 2 aromatic rings. The Labute approximate surface area is 164 Å². The van der Waals surface area contributed by atoms with Gasteiger partial charge in [0.1, 0.15) is 6.61 Å². The van der Waals surface area contributed by atoms with Crippen molar-refractivity contribution in [3.05, 3.63) is 52.9 Å². The number of hydrogen-bond donors (Lipinski definition) is 1. The molecule has 6 heteroatoms. The molecule has 0 radical (unpaired) electrons. The Balaban J connectivity index is 1.78. The molecule has 4 rings (SSSR count). The smallest absolute Gasteiger partial charge is 0.414 e. The maximum absolute atomic E-state index is 12.0. The zero-order valence-corrected chi connectivity index (χ0v) is 16.3.